The summed E-state index contributed by atoms with van der Waals surface area (Å²) in [5.41, 5.74) is 2.14. The Kier molecular flexibility index (Phi) is 6.73. The van der Waals surface area contributed by atoms with E-state index < -0.39 is 9.84 Å². The number of nitrogens with zero attached hydrogens (tertiary/aromatic N) is 5. The first kappa shape index (κ1) is 20.8. The van der Waals surface area contributed by atoms with Gasteiger partial charge in [0.2, 0.25) is 5.91 Å². The van der Waals surface area contributed by atoms with Gasteiger partial charge in [0.05, 0.1) is 11.5 Å². The molecule has 152 valence electrons. The van der Waals surface area contributed by atoms with Crippen LogP contribution in [0.25, 0.3) is 5.69 Å². The van der Waals surface area contributed by atoms with E-state index in [2.05, 4.69) is 15.1 Å². The number of sulfone groups is 1. The lowest BCUT2D eigenvalue weighted by molar-refractivity contribution is -0.130. The maximum Gasteiger partial charge on any atom is 0.233 e. The summed E-state index contributed by atoms with van der Waals surface area (Å²) in [6.07, 6.45) is 2.90. The molecule has 0 bridgehead atoms. The molecule has 0 atom stereocenters. The molecule has 0 radical (unpaired) electrons. The van der Waals surface area contributed by atoms with E-state index in [0.717, 1.165) is 5.69 Å². The van der Waals surface area contributed by atoms with Crippen LogP contribution in [0.4, 0.5) is 0 Å². The fourth-order valence-electron chi connectivity index (χ4n) is 2.94. The van der Waals surface area contributed by atoms with E-state index in [4.69, 9.17) is 0 Å². The van der Waals surface area contributed by atoms with Crippen molar-refractivity contribution < 1.29 is 13.2 Å². The first-order valence-corrected chi connectivity index (χ1v) is 12.1. The van der Waals surface area contributed by atoms with Gasteiger partial charge in [-0.15, -0.1) is 10.2 Å². The van der Waals surface area contributed by atoms with E-state index in [0.29, 0.717) is 43.6 Å². The van der Waals surface area contributed by atoms with Crippen molar-refractivity contribution in [3.63, 3.8) is 0 Å². The Labute approximate surface area is 169 Å². The monoisotopic (exact) mass is 423 g/mol. The molecule has 1 aliphatic rings. The maximum atomic E-state index is 12.5. The highest BCUT2D eigenvalue weighted by molar-refractivity contribution is 7.99. The van der Waals surface area contributed by atoms with Crippen LogP contribution in [0.15, 0.2) is 35.7 Å². The molecule has 1 saturated heterocycles. The van der Waals surface area contributed by atoms with Gasteiger partial charge in [-0.25, -0.2) is 8.42 Å². The summed E-state index contributed by atoms with van der Waals surface area (Å²) in [7, 11) is -2.96. The highest BCUT2D eigenvalue weighted by Gasteiger charge is 2.22. The Morgan fingerprint density at radius 3 is 2.46 bits per heavy atom. The average Bonchev–Trinajstić information content (AvgIpc) is 3.13. The molecule has 1 aliphatic heterocycles. The molecule has 1 amide bonds. The van der Waals surface area contributed by atoms with Crippen molar-refractivity contribution in [3.8, 4) is 5.69 Å². The fraction of sp³-hybridized carbons (Fsp3) is 0.500. The Morgan fingerprint density at radius 2 is 1.82 bits per heavy atom. The third-order valence-electron chi connectivity index (χ3n) is 4.66. The second-order valence-corrected chi connectivity index (χ2v) is 10.2. The summed E-state index contributed by atoms with van der Waals surface area (Å²) in [5, 5.41) is 8.79. The van der Waals surface area contributed by atoms with E-state index in [-0.39, 0.29) is 11.7 Å². The summed E-state index contributed by atoms with van der Waals surface area (Å²) >= 11 is 1.37. The van der Waals surface area contributed by atoms with Crippen LogP contribution in [0.3, 0.4) is 0 Å². The Bertz CT molecular complexity index is 904. The molecule has 0 spiro atoms. The van der Waals surface area contributed by atoms with Gasteiger partial charge in [0.15, 0.2) is 5.16 Å². The number of carbonyl (C=O) groups excluding carboxylic acids is 1. The number of thioether (sulfide) groups is 1. The lowest BCUT2D eigenvalue weighted by atomic mass is 10.2. The van der Waals surface area contributed by atoms with Crippen LogP contribution < -0.4 is 0 Å². The summed E-state index contributed by atoms with van der Waals surface area (Å²) in [6, 6.07) is 8.05. The van der Waals surface area contributed by atoms with E-state index in [1.54, 1.807) is 6.33 Å². The molecule has 2 aromatic rings. The Balaban J connectivity index is 1.49. The standard InChI is InChI=1S/C18H25N5O3S2/c1-15-3-5-16(6-4-15)23-14-19-20-18(23)27-13-17(24)22-9-7-21(8-10-22)11-12-28(2,25)26/h3-6,14H,7-13H2,1-2H3. The number of amides is 1. The maximum absolute atomic E-state index is 12.5. The number of benzene rings is 1. The van der Waals surface area contributed by atoms with Gasteiger partial charge in [0, 0.05) is 44.7 Å². The molecular weight excluding hydrogens is 398 g/mol. The number of hydrogen-bond acceptors (Lipinski definition) is 7. The van der Waals surface area contributed by atoms with Crippen LogP contribution in [0.1, 0.15) is 5.56 Å². The van der Waals surface area contributed by atoms with Gasteiger partial charge in [-0.1, -0.05) is 29.5 Å². The van der Waals surface area contributed by atoms with Crippen molar-refractivity contribution >= 4 is 27.5 Å². The average molecular weight is 424 g/mol. The molecule has 0 unspecified atom stereocenters. The number of rotatable bonds is 7. The van der Waals surface area contributed by atoms with E-state index in [9.17, 15) is 13.2 Å². The number of hydrogen-bond donors (Lipinski definition) is 0. The number of carbonyl (C=O) groups is 1. The van der Waals surface area contributed by atoms with Crippen LogP contribution in [0, 0.1) is 6.92 Å². The molecule has 0 N–H and O–H groups in total. The summed E-state index contributed by atoms with van der Waals surface area (Å²) in [5.74, 6) is 0.519. The van der Waals surface area contributed by atoms with Gasteiger partial charge in [0.25, 0.3) is 0 Å². The van der Waals surface area contributed by atoms with Crippen molar-refractivity contribution in [1.29, 1.82) is 0 Å². The summed E-state index contributed by atoms with van der Waals surface area (Å²) in [6.45, 7) is 5.19. The SMILES string of the molecule is Cc1ccc(-n2cnnc2SCC(=O)N2CCN(CCS(C)(=O)=O)CC2)cc1. The van der Waals surface area contributed by atoms with Crippen LogP contribution in [0.5, 0.6) is 0 Å². The molecular formula is C18H25N5O3S2. The number of aromatic nitrogens is 3. The zero-order valence-electron chi connectivity index (χ0n) is 16.1. The third kappa shape index (κ3) is 5.79. The first-order valence-electron chi connectivity index (χ1n) is 9.09. The molecule has 8 nitrogen and oxygen atoms in total. The van der Waals surface area contributed by atoms with Gasteiger partial charge in [-0.05, 0) is 19.1 Å². The third-order valence-corrected chi connectivity index (χ3v) is 6.51. The van der Waals surface area contributed by atoms with Gasteiger partial charge in [-0.3, -0.25) is 14.3 Å². The summed E-state index contributed by atoms with van der Waals surface area (Å²) in [4.78, 5) is 16.5. The van der Waals surface area contributed by atoms with Crippen LogP contribution >= 0.6 is 11.8 Å². The van der Waals surface area contributed by atoms with Crippen molar-refractivity contribution in [1.82, 2.24) is 24.6 Å². The van der Waals surface area contributed by atoms with Gasteiger partial charge in [-0.2, -0.15) is 0 Å². The quantitative estimate of drug-likeness (QED) is 0.610. The second-order valence-electron chi connectivity index (χ2n) is 6.96. The number of aryl methyl sites for hydroxylation is 1. The van der Waals surface area contributed by atoms with Crippen molar-refractivity contribution in [2.45, 2.75) is 12.1 Å². The van der Waals surface area contributed by atoms with E-state index in [1.165, 1.54) is 23.6 Å². The van der Waals surface area contributed by atoms with Gasteiger partial charge >= 0.3 is 0 Å². The first-order chi connectivity index (χ1) is 13.3. The second kappa shape index (κ2) is 9.06. The van der Waals surface area contributed by atoms with Crippen molar-refractivity contribution in [3.05, 3.63) is 36.2 Å². The molecule has 1 aromatic heterocycles. The molecule has 2 heterocycles. The molecule has 1 aromatic carbocycles. The lowest BCUT2D eigenvalue weighted by Gasteiger charge is -2.34. The summed E-state index contributed by atoms with van der Waals surface area (Å²) < 4.78 is 24.4. The number of piperazine rings is 1. The largest absolute Gasteiger partial charge is 0.339 e. The van der Waals surface area contributed by atoms with Crippen LogP contribution in [0.2, 0.25) is 0 Å². The zero-order valence-corrected chi connectivity index (χ0v) is 17.7. The lowest BCUT2D eigenvalue weighted by Crippen LogP contribution is -2.50. The minimum atomic E-state index is -2.96. The highest BCUT2D eigenvalue weighted by Crippen LogP contribution is 2.20. The molecule has 1 fully saturated rings. The normalized spacial score (nSPS) is 15.7. The highest BCUT2D eigenvalue weighted by atomic mass is 32.2. The zero-order chi connectivity index (χ0) is 20.1. The smallest absolute Gasteiger partial charge is 0.233 e. The fourth-order valence-corrected chi connectivity index (χ4v) is 4.36. The molecule has 28 heavy (non-hydrogen) atoms. The van der Waals surface area contributed by atoms with E-state index in [1.807, 2.05) is 40.7 Å². The van der Waals surface area contributed by atoms with Crippen LogP contribution in [-0.2, 0) is 14.6 Å². The Hall–Kier alpha value is -1.91. The minimum absolute atomic E-state index is 0.0613. The van der Waals surface area contributed by atoms with Gasteiger partial charge < -0.3 is 4.90 Å². The van der Waals surface area contributed by atoms with Crippen molar-refractivity contribution in [2.75, 3.05) is 50.5 Å². The van der Waals surface area contributed by atoms with E-state index >= 15 is 0 Å². The minimum Gasteiger partial charge on any atom is -0.339 e. The topological polar surface area (TPSA) is 88.4 Å². The molecule has 0 aliphatic carbocycles. The predicted octanol–water partition coefficient (Wildman–Crippen LogP) is 0.857. The predicted molar refractivity (Wildman–Crippen MR) is 110 cm³/mol. The molecule has 10 heteroatoms. The van der Waals surface area contributed by atoms with Gasteiger partial charge in [0.1, 0.15) is 16.2 Å². The Morgan fingerprint density at radius 1 is 1.14 bits per heavy atom. The van der Waals surface area contributed by atoms with Crippen molar-refractivity contribution in [2.24, 2.45) is 0 Å². The van der Waals surface area contributed by atoms with Crippen LogP contribution in [-0.4, -0.2) is 89.4 Å². The molecule has 3 rings (SSSR count). The molecule has 0 saturated carbocycles.